The van der Waals surface area contributed by atoms with Crippen LogP contribution in [0.15, 0.2) is 18.3 Å². The fourth-order valence-corrected chi connectivity index (χ4v) is 1.02. The number of pyridine rings is 1. The second-order valence-electron chi connectivity index (χ2n) is 4.21. The summed E-state index contributed by atoms with van der Waals surface area (Å²) < 4.78 is 10.0. The molecule has 1 aromatic rings. The lowest BCUT2D eigenvalue weighted by Crippen LogP contribution is -2.27. The largest absolute Gasteiger partial charge is 0.481 e. The zero-order valence-corrected chi connectivity index (χ0v) is 9.90. The SMILES string of the molecule is COc1cc(NC(=O)OC(C)(C)C)ccn1. The Morgan fingerprint density at radius 2 is 2.12 bits per heavy atom. The number of hydrogen-bond acceptors (Lipinski definition) is 4. The van der Waals surface area contributed by atoms with Crippen molar-refractivity contribution >= 4 is 11.8 Å². The average Bonchev–Trinajstić information content (AvgIpc) is 2.15. The van der Waals surface area contributed by atoms with E-state index in [2.05, 4.69) is 10.3 Å². The van der Waals surface area contributed by atoms with Crippen LogP contribution in [0.25, 0.3) is 0 Å². The summed E-state index contributed by atoms with van der Waals surface area (Å²) in [5.41, 5.74) is 0.0717. The van der Waals surface area contributed by atoms with E-state index in [0.717, 1.165) is 0 Å². The van der Waals surface area contributed by atoms with E-state index < -0.39 is 11.7 Å². The van der Waals surface area contributed by atoms with E-state index in [-0.39, 0.29) is 0 Å². The molecule has 1 N–H and O–H groups in total. The number of amides is 1. The molecule has 1 aromatic heterocycles. The molecule has 5 heteroatoms. The third-order valence-corrected chi connectivity index (χ3v) is 1.59. The maximum Gasteiger partial charge on any atom is 0.412 e. The van der Waals surface area contributed by atoms with Gasteiger partial charge in [-0.25, -0.2) is 9.78 Å². The monoisotopic (exact) mass is 224 g/mol. The van der Waals surface area contributed by atoms with Crippen molar-refractivity contribution in [3.63, 3.8) is 0 Å². The zero-order chi connectivity index (χ0) is 12.2. The molecule has 0 unspecified atom stereocenters. The molecule has 0 saturated heterocycles. The van der Waals surface area contributed by atoms with Gasteiger partial charge in [0, 0.05) is 12.3 Å². The van der Waals surface area contributed by atoms with Crippen molar-refractivity contribution in [3.05, 3.63) is 18.3 Å². The number of ether oxygens (including phenoxy) is 2. The van der Waals surface area contributed by atoms with E-state index >= 15 is 0 Å². The molecule has 0 aliphatic carbocycles. The van der Waals surface area contributed by atoms with Crippen molar-refractivity contribution < 1.29 is 14.3 Å². The number of carbonyl (C=O) groups is 1. The summed E-state index contributed by atoms with van der Waals surface area (Å²) in [5.74, 6) is 0.438. The molecule has 0 bridgehead atoms. The van der Waals surface area contributed by atoms with Gasteiger partial charge in [-0.05, 0) is 26.8 Å². The Kier molecular flexibility index (Phi) is 3.71. The lowest BCUT2D eigenvalue weighted by atomic mass is 10.2. The van der Waals surface area contributed by atoms with E-state index in [1.165, 1.54) is 7.11 Å². The van der Waals surface area contributed by atoms with Gasteiger partial charge in [-0.1, -0.05) is 0 Å². The van der Waals surface area contributed by atoms with Crippen LogP contribution < -0.4 is 10.1 Å². The molecule has 5 nitrogen and oxygen atoms in total. The highest BCUT2D eigenvalue weighted by atomic mass is 16.6. The molecular weight excluding hydrogens is 208 g/mol. The van der Waals surface area contributed by atoms with Crippen molar-refractivity contribution in [3.8, 4) is 5.88 Å². The highest BCUT2D eigenvalue weighted by Crippen LogP contribution is 2.15. The number of anilines is 1. The van der Waals surface area contributed by atoms with Crippen LogP contribution in [0, 0.1) is 0 Å². The number of nitrogens with one attached hydrogen (secondary N) is 1. The molecule has 0 aromatic carbocycles. The topological polar surface area (TPSA) is 60.5 Å². The third kappa shape index (κ3) is 4.16. The first-order valence-electron chi connectivity index (χ1n) is 4.91. The Morgan fingerprint density at radius 3 is 2.69 bits per heavy atom. The van der Waals surface area contributed by atoms with Gasteiger partial charge >= 0.3 is 6.09 Å². The van der Waals surface area contributed by atoms with Gasteiger partial charge in [-0.15, -0.1) is 0 Å². The van der Waals surface area contributed by atoms with Gasteiger partial charge in [0.05, 0.1) is 12.8 Å². The molecule has 0 saturated carbocycles. The van der Waals surface area contributed by atoms with Crippen LogP contribution >= 0.6 is 0 Å². The van der Waals surface area contributed by atoms with Crippen LogP contribution in [0.4, 0.5) is 10.5 Å². The van der Waals surface area contributed by atoms with Crippen molar-refractivity contribution in [1.82, 2.24) is 4.98 Å². The first-order chi connectivity index (χ1) is 7.40. The molecule has 0 fully saturated rings. The minimum atomic E-state index is -0.513. The van der Waals surface area contributed by atoms with Crippen LogP contribution in [-0.4, -0.2) is 23.8 Å². The molecule has 1 rings (SSSR count). The van der Waals surface area contributed by atoms with E-state index in [9.17, 15) is 4.79 Å². The van der Waals surface area contributed by atoms with Crippen LogP contribution in [-0.2, 0) is 4.74 Å². The van der Waals surface area contributed by atoms with E-state index in [4.69, 9.17) is 9.47 Å². The highest BCUT2D eigenvalue weighted by Gasteiger charge is 2.16. The van der Waals surface area contributed by atoms with Gasteiger partial charge < -0.3 is 9.47 Å². The quantitative estimate of drug-likeness (QED) is 0.838. The van der Waals surface area contributed by atoms with Crippen molar-refractivity contribution in [2.45, 2.75) is 26.4 Å². The molecule has 88 valence electrons. The molecule has 1 amide bonds. The molecule has 0 aliphatic rings. The number of hydrogen-bond donors (Lipinski definition) is 1. The Labute approximate surface area is 94.8 Å². The number of methoxy groups -OCH3 is 1. The van der Waals surface area contributed by atoms with Gasteiger partial charge in [-0.2, -0.15) is 0 Å². The maximum atomic E-state index is 11.4. The Morgan fingerprint density at radius 1 is 1.44 bits per heavy atom. The molecule has 0 radical (unpaired) electrons. The van der Waals surface area contributed by atoms with Crippen molar-refractivity contribution in [2.75, 3.05) is 12.4 Å². The van der Waals surface area contributed by atoms with Crippen molar-refractivity contribution in [1.29, 1.82) is 0 Å². The lowest BCUT2D eigenvalue weighted by Gasteiger charge is -2.19. The Balaban J connectivity index is 2.62. The van der Waals surface area contributed by atoms with Gasteiger partial charge in [0.25, 0.3) is 0 Å². The normalized spacial score (nSPS) is 10.8. The predicted octanol–water partition coefficient (Wildman–Crippen LogP) is 2.44. The summed E-state index contributed by atoms with van der Waals surface area (Å²) in [4.78, 5) is 15.4. The molecule has 0 atom stereocenters. The fourth-order valence-electron chi connectivity index (χ4n) is 1.02. The second-order valence-corrected chi connectivity index (χ2v) is 4.21. The standard InChI is InChI=1S/C11H16N2O3/c1-11(2,3)16-10(14)13-8-5-6-12-9(7-8)15-4/h5-7H,1-4H3,(H,12,13,14). The summed E-state index contributed by atoms with van der Waals surface area (Å²) in [6.07, 6.45) is 1.05. The van der Waals surface area contributed by atoms with Gasteiger partial charge in [-0.3, -0.25) is 5.32 Å². The summed E-state index contributed by atoms with van der Waals surface area (Å²) in [6.45, 7) is 5.42. The van der Waals surface area contributed by atoms with Crippen LogP contribution in [0.1, 0.15) is 20.8 Å². The molecule has 16 heavy (non-hydrogen) atoms. The van der Waals surface area contributed by atoms with Crippen molar-refractivity contribution in [2.24, 2.45) is 0 Å². The van der Waals surface area contributed by atoms with Crippen LogP contribution in [0.5, 0.6) is 5.88 Å². The number of nitrogens with zero attached hydrogens (tertiary/aromatic N) is 1. The van der Waals surface area contributed by atoms with Gasteiger partial charge in [0.1, 0.15) is 5.60 Å². The number of aromatic nitrogens is 1. The number of rotatable bonds is 2. The Hall–Kier alpha value is -1.78. The highest BCUT2D eigenvalue weighted by molar-refractivity contribution is 5.84. The van der Waals surface area contributed by atoms with Gasteiger partial charge in [0.15, 0.2) is 0 Å². The third-order valence-electron chi connectivity index (χ3n) is 1.59. The fraction of sp³-hybridized carbons (Fsp3) is 0.455. The summed E-state index contributed by atoms with van der Waals surface area (Å²) >= 11 is 0. The molecule has 0 aliphatic heterocycles. The van der Waals surface area contributed by atoms with E-state index in [1.54, 1.807) is 39.1 Å². The number of carbonyl (C=O) groups excluding carboxylic acids is 1. The average molecular weight is 224 g/mol. The van der Waals surface area contributed by atoms with Crippen LogP contribution in [0.3, 0.4) is 0 Å². The smallest absolute Gasteiger partial charge is 0.412 e. The molecule has 1 heterocycles. The van der Waals surface area contributed by atoms with Gasteiger partial charge in [0.2, 0.25) is 5.88 Å². The minimum Gasteiger partial charge on any atom is -0.481 e. The lowest BCUT2D eigenvalue weighted by molar-refractivity contribution is 0.0636. The minimum absolute atomic E-state index is 0.438. The summed E-state index contributed by atoms with van der Waals surface area (Å²) in [6, 6.07) is 3.27. The van der Waals surface area contributed by atoms with E-state index in [1.807, 2.05) is 0 Å². The first-order valence-corrected chi connectivity index (χ1v) is 4.91. The summed E-state index contributed by atoms with van der Waals surface area (Å²) in [5, 5.41) is 2.59. The Bertz CT molecular complexity index is 372. The molecular formula is C11H16N2O3. The predicted molar refractivity (Wildman–Crippen MR) is 60.6 cm³/mol. The first kappa shape index (κ1) is 12.3. The van der Waals surface area contributed by atoms with Crippen LogP contribution in [0.2, 0.25) is 0 Å². The maximum absolute atomic E-state index is 11.4. The van der Waals surface area contributed by atoms with E-state index in [0.29, 0.717) is 11.6 Å². The second kappa shape index (κ2) is 4.83. The summed E-state index contributed by atoms with van der Waals surface area (Å²) in [7, 11) is 1.51. The molecule has 0 spiro atoms. The zero-order valence-electron chi connectivity index (χ0n) is 9.90.